The number of hydrogen-bond donors (Lipinski definition) is 3. The van der Waals surface area contributed by atoms with Gasteiger partial charge in [0.15, 0.2) is 0 Å². The van der Waals surface area contributed by atoms with E-state index < -0.39 is 21.8 Å². The highest BCUT2D eigenvalue weighted by atomic mass is 79.9. The SMILES string of the molecule is O=C(CCNS(=O)(=O)c1ccccc1)NNC(=O)c1ccccc1Br. The van der Waals surface area contributed by atoms with Crippen molar-refractivity contribution < 1.29 is 18.0 Å². The standard InChI is InChI=1S/C16H16BrN3O4S/c17-14-9-5-4-8-13(14)16(22)20-19-15(21)10-11-18-25(23,24)12-6-2-1-3-7-12/h1-9,18H,10-11H2,(H,19,21)(H,20,22). The summed E-state index contributed by atoms with van der Waals surface area (Å²) in [5.74, 6) is -0.998. The molecular weight excluding hydrogens is 410 g/mol. The minimum Gasteiger partial charge on any atom is -0.273 e. The Kier molecular flexibility index (Phi) is 6.68. The molecule has 0 bridgehead atoms. The Morgan fingerprint density at radius 1 is 0.920 bits per heavy atom. The van der Waals surface area contributed by atoms with Crippen LogP contribution in [0.4, 0.5) is 0 Å². The second kappa shape index (κ2) is 8.75. The van der Waals surface area contributed by atoms with E-state index in [-0.39, 0.29) is 17.9 Å². The number of nitrogens with one attached hydrogen (secondary N) is 3. The molecule has 0 saturated carbocycles. The maximum atomic E-state index is 12.0. The predicted molar refractivity (Wildman–Crippen MR) is 96.0 cm³/mol. The lowest BCUT2D eigenvalue weighted by Crippen LogP contribution is -2.42. The highest BCUT2D eigenvalue weighted by Crippen LogP contribution is 2.15. The molecule has 0 radical (unpaired) electrons. The maximum Gasteiger partial charge on any atom is 0.270 e. The predicted octanol–water partition coefficient (Wildman–Crippen LogP) is 1.58. The first-order chi connectivity index (χ1) is 11.9. The van der Waals surface area contributed by atoms with Crippen LogP contribution < -0.4 is 15.6 Å². The van der Waals surface area contributed by atoms with Crippen LogP contribution in [-0.2, 0) is 14.8 Å². The summed E-state index contributed by atoms with van der Waals surface area (Å²) in [6.45, 7) is -0.0893. The number of halogens is 1. The van der Waals surface area contributed by atoms with Crippen molar-refractivity contribution in [2.45, 2.75) is 11.3 Å². The van der Waals surface area contributed by atoms with E-state index in [9.17, 15) is 18.0 Å². The van der Waals surface area contributed by atoms with Gasteiger partial charge in [0.1, 0.15) is 0 Å². The summed E-state index contributed by atoms with van der Waals surface area (Å²) in [7, 11) is -3.66. The molecular formula is C16H16BrN3O4S. The van der Waals surface area contributed by atoms with Gasteiger partial charge in [0.05, 0.1) is 10.5 Å². The van der Waals surface area contributed by atoms with Gasteiger partial charge < -0.3 is 0 Å². The summed E-state index contributed by atoms with van der Waals surface area (Å²) < 4.78 is 26.9. The van der Waals surface area contributed by atoms with Gasteiger partial charge >= 0.3 is 0 Å². The number of amides is 2. The van der Waals surface area contributed by atoms with Crippen molar-refractivity contribution in [2.75, 3.05) is 6.54 Å². The van der Waals surface area contributed by atoms with Crippen LogP contribution in [0.2, 0.25) is 0 Å². The molecule has 0 fully saturated rings. The van der Waals surface area contributed by atoms with Gasteiger partial charge in [0, 0.05) is 17.4 Å². The van der Waals surface area contributed by atoms with E-state index >= 15 is 0 Å². The van der Waals surface area contributed by atoms with E-state index in [2.05, 4.69) is 31.5 Å². The first-order valence-electron chi connectivity index (χ1n) is 7.28. The van der Waals surface area contributed by atoms with Gasteiger partial charge in [-0.05, 0) is 40.2 Å². The summed E-state index contributed by atoms with van der Waals surface area (Å²) in [6.07, 6.45) is -0.123. The average Bonchev–Trinajstić information content (AvgIpc) is 2.60. The largest absolute Gasteiger partial charge is 0.273 e. The molecule has 2 amide bonds. The molecule has 9 heteroatoms. The number of carbonyl (C=O) groups is 2. The minimum atomic E-state index is -3.66. The summed E-state index contributed by atoms with van der Waals surface area (Å²) in [6, 6.07) is 14.6. The Bertz CT molecular complexity index is 857. The highest BCUT2D eigenvalue weighted by molar-refractivity contribution is 9.10. The Balaban J connectivity index is 1.78. The second-order valence-electron chi connectivity index (χ2n) is 4.94. The summed E-state index contributed by atoms with van der Waals surface area (Å²) in [4.78, 5) is 23.8. The van der Waals surface area contributed by atoms with Gasteiger partial charge in [-0.2, -0.15) is 0 Å². The van der Waals surface area contributed by atoms with Crippen LogP contribution >= 0.6 is 15.9 Å². The van der Waals surface area contributed by atoms with E-state index in [4.69, 9.17) is 0 Å². The first-order valence-corrected chi connectivity index (χ1v) is 9.56. The molecule has 0 heterocycles. The van der Waals surface area contributed by atoms with E-state index in [1.165, 1.54) is 12.1 Å². The third-order valence-electron chi connectivity index (χ3n) is 3.13. The fourth-order valence-corrected chi connectivity index (χ4v) is 3.40. The van der Waals surface area contributed by atoms with E-state index in [0.717, 1.165) is 0 Å². The quantitative estimate of drug-likeness (QED) is 0.610. The van der Waals surface area contributed by atoms with Crippen molar-refractivity contribution in [2.24, 2.45) is 0 Å². The molecule has 2 rings (SSSR count). The normalized spacial score (nSPS) is 10.9. The molecule has 0 saturated heterocycles. The number of sulfonamides is 1. The number of carbonyl (C=O) groups excluding carboxylic acids is 2. The summed E-state index contributed by atoms with van der Waals surface area (Å²) >= 11 is 3.24. The van der Waals surface area contributed by atoms with Gasteiger partial charge in [0.25, 0.3) is 5.91 Å². The topological polar surface area (TPSA) is 104 Å². The summed E-state index contributed by atoms with van der Waals surface area (Å²) in [5, 5.41) is 0. The van der Waals surface area contributed by atoms with Crippen molar-refractivity contribution in [3.05, 3.63) is 64.6 Å². The maximum absolute atomic E-state index is 12.0. The molecule has 2 aromatic carbocycles. The number of hydrazine groups is 1. The minimum absolute atomic E-state index is 0.0893. The molecule has 0 aliphatic heterocycles. The Labute approximate surface area is 154 Å². The Morgan fingerprint density at radius 3 is 2.24 bits per heavy atom. The van der Waals surface area contributed by atoms with Gasteiger partial charge in [-0.15, -0.1) is 0 Å². The molecule has 7 nitrogen and oxygen atoms in total. The molecule has 0 aliphatic rings. The molecule has 0 aliphatic carbocycles. The zero-order chi connectivity index (χ0) is 18.3. The monoisotopic (exact) mass is 425 g/mol. The van der Waals surface area contributed by atoms with Crippen LogP contribution in [0, 0.1) is 0 Å². The third kappa shape index (κ3) is 5.66. The first kappa shape index (κ1) is 19.1. The van der Waals surface area contributed by atoms with E-state index in [1.54, 1.807) is 42.5 Å². The lowest BCUT2D eigenvalue weighted by atomic mass is 10.2. The fourth-order valence-electron chi connectivity index (χ4n) is 1.88. The zero-order valence-corrected chi connectivity index (χ0v) is 15.4. The lowest BCUT2D eigenvalue weighted by molar-refractivity contribution is -0.121. The smallest absolute Gasteiger partial charge is 0.270 e. The Morgan fingerprint density at radius 2 is 1.56 bits per heavy atom. The fraction of sp³-hybridized carbons (Fsp3) is 0.125. The van der Waals surface area contributed by atoms with Crippen LogP contribution in [0.1, 0.15) is 16.8 Å². The van der Waals surface area contributed by atoms with Crippen molar-refractivity contribution in [1.29, 1.82) is 0 Å². The van der Waals surface area contributed by atoms with Crippen molar-refractivity contribution in [3.63, 3.8) is 0 Å². The third-order valence-corrected chi connectivity index (χ3v) is 5.30. The molecule has 0 spiro atoms. The van der Waals surface area contributed by atoms with Gasteiger partial charge in [-0.3, -0.25) is 20.4 Å². The van der Waals surface area contributed by atoms with Crippen LogP contribution in [0.25, 0.3) is 0 Å². The average molecular weight is 426 g/mol. The molecule has 25 heavy (non-hydrogen) atoms. The molecule has 2 aromatic rings. The van der Waals surface area contributed by atoms with Crippen molar-refractivity contribution in [1.82, 2.24) is 15.6 Å². The molecule has 0 unspecified atom stereocenters. The number of benzene rings is 2. The Hall–Kier alpha value is -2.23. The zero-order valence-electron chi connectivity index (χ0n) is 13.0. The number of rotatable bonds is 6. The molecule has 0 aromatic heterocycles. The highest BCUT2D eigenvalue weighted by Gasteiger charge is 2.14. The second-order valence-corrected chi connectivity index (χ2v) is 7.56. The van der Waals surface area contributed by atoms with Crippen LogP contribution in [-0.4, -0.2) is 26.8 Å². The van der Waals surface area contributed by atoms with Gasteiger partial charge in [-0.1, -0.05) is 30.3 Å². The summed E-state index contributed by atoms with van der Waals surface area (Å²) in [5.41, 5.74) is 4.88. The number of hydrogen-bond acceptors (Lipinski definition) is 4. The molecule has 3 N–H and O–H groups in total. The van der Waals surface area contributed by atoms with Gasteiger partial charge in [0.2, 0.25) is 15.9 Å². The van der Waals surface area contributed by atoms with Crippen LogP contribution in [0.3, 0.4) is 0 Å². The van der Waals surface area contributed by atoms with Crippen molar-refractivity contribution >= 4 is 37.8 Å². The molecule has 0 atom stereocenters. The van der Waals surface area contributed by atoms with Crippen LogP contribution in [0.5, 0.6) is 0 Å². The lowest BCUT2D eigenvalue weighted by Gasteiger charge is -2.09. The van der Waals surface area contributed by atoms with E-state index in [1.807, 2.05) is 0 Å². The van der Waals surface area contributed by atoms with Crippen molar-refractivity contribution in [3.8, 4) is 0 Å². The van der Waals surface area contributed by atoms with E-state index in [0.29, 0.717) is 10.0 Å². The molecule has 132 valence electrons. The van der Waals surface area contributed by atoms with Crippen LogP contribution in [0.15, 0.2) is 64.0 Å². The van der Waals surface area contributed by atoms with Gasteiger partial charge in [-0.25, -0.2) is 13.1 Å².